The van der Waals surface area contributed by atoms with E-state index in [1.807, 2.05) is 37.3 Å². The van der Waals surface area contributed by atoms with Crippen molar-refractivity contribution in [3.05, 3.63) is 52.8 Å². The van der Waals surface area contributed by atoms with Gasteiger partial charge in [0.2, 0.25) is 0 Å². The van der Waals surface area contributed by atoms with Crippen LogP contribution in [0.1, 0.15) is 40.3 Å². The van der Waals surface area contributed by atoms with Gasteiger partial charge in [-0.1, -0.05) is 30.3 Å². The Bertz CT molecular complexity index is 704. The first-order chi connectivity index (χ1) is 10.3. The molecule has 5 nitrogen and oxygen atoms in total. The maximum absolute atomic E-state index is 12.5. The van der Waals surface area contributed by atoms with E-state index in [4.69, 9.17) is 0 Å². The zero-order valence-electron chi connectivity index (χ0n) is 13.6. The zero-order valence-corrected chi connectivity index (χ0v) is 13.6. The van der Waals surface area contributed by atoms with E-state index in [1.54, 1.807) is 32.6 Å². The topological polar surface area (TPSA) is 55.2 Å². The predicted octanol–water partition coefficient (Wildman–Crippen LogP) is 2.44. The molecule has 1 aromatic heterocycles. The molecule has 2 aromatic rings. The van der Waals surface area contributed by atoms with Crippen molar-refractivity contribution in [2.24, 2.45) is 7.05 Å². The summed E-state index contributed by atoms with van der Waals surface area (Å²) in [6, 6.07) is 9.47. The molecule has 0 aliphatic rings. The van der Waals surface area contributed by atoms with E-state index < -0.39 is 11.7 Å². The number of aryl methyl sites for hydroxylation is 2. The highest BCUT2D eigenvalue weighted by atomic mass is 16.2. The highest BCUT2D eigenvalue weighted by Crippen LogP contribution is 2.20. The Hall–Kier alpha value is -2.43. The van der Waals surface area contributed by atoms with Crippen LogP contribution in [0, 0.1) is 13.8 Å². The predicted molar refractivity (Wildman–Crippen MR) is 84.6 cm³/mol. The summed E-state index contributed by atoms with van der Waals surface area (Å²) in [5.74, 6) is -1.02. The highest BCUT2D eigenvalue weighted by Gasteiger charge is 2.28. The number of carbonyl (C=O) groups excluding carboxylic acids is 2. The van der Waals surface area contributed by atoms with E-state index in [9.17, 15) is 9.59 Å². The molecule has 5 heteroatoms. The molecule has 0 saturated carbocycles. The SMILES string of the molecule is Cc1nn(C)c(C)c1C(=O)C(=O)N(C)C(C)c1ccccc1. The van der Waals surface area contributed by atoms with Gasteiger partial charge in [-0.25, -0.2) is 0 Å². The van der Waals surface area contributed by atoms with Crippen molar-refractivity contribution >= 4 is 11.7 Å². The van der Waals surface area contributed by atoms with Crippen molar-refractivity contribution in [3.63, 3.8) is 0 Å². The van der Waals surface area contributed by atoms with Crippen LogP contribution < -0.4 is 0 Å². The Labute approximate surface area is 130 Å². The number of rotatable bonds is 4. The van der Waals surface area contributed by atoms with Crippen molar-refractivity contribution in [3.8, 4) is 0 Å². The molecule has 0 saturated heterocycles. The summed E-state index contributed by atoms with van der Waals surface area (Å²) >= 11 is 0. The number of amides is 1. The van der Waals surface area contributed by atoms with Crippen LogP contribution in [-0.2, 0) is 11.8 Å². The minimum atomic E-state index is -0.518. The molecule has 116 valence electrons. The molecule has 1 amide bonds. The van der Waals surface area contributed by atoms with Gasteiger partial charge in [-0.15, -0.1) is 0 Å². The highest BCUT2D eigenvalue weighted by molar-refractivity contribution is 6.43. The number of Topliss-reactive ketones (excluding diaryl/α,β-unsaturated/α-hetero) is 1. The van der Waals surface area contributed by atoms with Crippen LogP contribution in [0.25, 0.3) is 0 Å². The second-order valence-corrected chi connectivity index (χ2v) is 5.50. The third kappa shape index (κ3) is 2.79. The first-order valence-corrected chi connectivity index (χ1v) is 7.21. The Morgan fingerprint density at radius 3 is 2.27 bits per heavy atom. The molecule has 0 spiro atoms. The number of benzene rings is 1. The van der Waals surface area contributed by atoms with Gasteiger partial charge in [0.25, 0.3) is 11.7 Å². The quantitative estimate of drug-likeness (QED) is 0.643. The van der Waals surface area contributed by atoms with Crippen LogP contribution in [0.4, 0.5) is 0 Å². The second-order valence-electron chi connectivity index (χ2n) is 5.50. The van der Waals surface area contributed by atoms with Crippen molar-refractivity contribution < 1.29 is 9.59 Å². The lowest BCUT2D eigenvalue weighted by molar-refractivity contribution is -0.127. The molecule has 22 heavy (non-hydrogen) atoms. The Balaban J connectivity index is 2.25. The van der Waals surface area contributed by atoms with Gasteiger partial charge in [-0.2, -0.15) is 5.10 Å². The molecular weight excluding hydrogens is 278 g/mol. The summed E-state index contributed by atoms with van der Waals surface area (Å²) in [6.07, 6.45) is 0. The number of likely N-dealkylation sites (N-methyl/N-ethyl adjacent to an activating group) is 1. The smallest absolute Gasteiger partial charge is 0.295 e. The molecule has 1 heterocycles. The van der Waals surface area contributed by atoms with Gasteiger partial charge in [0, 0.05) is 19.8 Å². The summed E-state index contributed by atoms with van der Waals surface area (Å²) in [7, 11) is 3.42. The van der Waals surface area contributed by atoms with Crippen LogP contribution >= 0.6 is 0 Å². The summed E-state index contributed by atoms with van der Waals surface area (Å²) < 4.78 is 1.62. The normalized spacial score (nSPS) is 12.0. The number of hydrogen-bond acceptors (Lipinski definition) is 3. The molecule has 0 radical (unpaired) electrons. The number of hydrogen-bond donors (Lipinski definition) is 0. The van der Waals surface area contributed by atoms with Gasteiger partial charge in [-0.3, -0.25) is 14.3 Å². The van der Waals surface area contributed by atoms with Gasteiger partial charge >= 0.3 is 0 Å². The van der Waals surface area contributed by atoms with E-state index >= 15 is 0 Å². The molecule has 0 N–H and O–H groups in total. The molecule has 2 rings (SSSR count). The minimum absolute atomic E-state index is 0.171. The second kappa shape index (κ2) is 6.13. The third-order valence-electron chi connectivity index (χ3n) is 4.11. The van der Waals surface area contributed by atoms with Gasteiger partial charge in [0.1, 0.15) is 0 Å². The first-order valence-electron chi connectivity index (χ1n) is 7.21. The van der Waals surface area contributed by atoms with Gasteiger partial charge in [0.15, 0.2) is 0 Å². The molecule has 1 atom stereocenters. The fourth-order valence-electron chi connectivity index (χ4n) is 2.50. The van der Waals surface area contributed by atoms with E-state index in [1.165, 1.54) is 4.90 Å². The summed E-state index contributed by atoms with van der Waals surface area (Å²) in [6.45, 7) is 5.44. The van der Waals surface area contributed by atoms with Crippen LogP contribution in [0.2, 0.25) is 0 Å². The van der Waals surface area contributed by atoms with E-state index in [-0.39, 0.29) is 6.04 Å². The Morgan fingerprint density at radius 2 is 1.77 bits per heavy atom. The monoisotopic (exact) mass is 299 g/mol. The average Bonchev–Trinajstić information content (AvgIpc) is 2.78. The van der Waals surface area contributed by atoms with Crippen LogP contribution in [0.5, 0.6) is 0 Å². The lowest BCUT2D eigenvalue weighted by atomic mass is 10.0. The van der Waals surface area contributed by atoms with Gasteiger partial charge < -0.3 is 4.90 Å². The number of aromatic nitrogens is 2. The molecule has 0 fully saturated rings. The largest absolute Gasteiger partial charge is 0.332 e. The van der Waals surface area contributed by atoms with Crippen molar-refractivity contribution in [2.75, 3.05) is 7.05 Å². The fraction of sp³-hybridized carbons (Fsp3) is 0.353. The number of ketones is 1. The standard InChI is InChI=1S/C17H21N3O2/c1-11-15(13(3)20(5)18-11)16(21)17(22)19(4)12(2)14-9-7-6-8-10-14/h6-10,12H,1-5H3. The molecule has 0 aliphatic carbocycles. The van der Waals surface area contributed by atoms with E-state index in [0.717, 1.165) is 5.56 Å². The summed E-state index contributed by atoms with van der Waals surface area (Å²) in [4.78, 5) is 26.5. The molecule has 0 aliphatic heterocycles. The summed E-state index contributed by atoms with van der Waals surface area (Å²) in [5, 5.41) is 4.20. The molecule has 0 bridgehead atoms. The number of nitrogens with zero attached hydrogens (tertiary/aromatic N) is 3. The average molecular weight is 299 g/mol. The lowest BCUT2D eigenvalue weighted by Crippen LogP contribution is -2.35. The third-order valence-corrected chi connectivity index (χ3v) is 4.11. The maximum atomic E-state index is 12.5. The fourth-order valence-corrected chi connectivity index (χ4v) is 2.50. The first kappa shape index (κ1) is 15.9. The Kier molecular flexibility index (Phi) is 4.45. The van der Waals surface area contributed by atoms with Gasteiger partial charge in [0.05, 0.1) is 17.3 Å². The van der Waals surface area contributed by atoms with Crippen molar-refractivity contribution in [2.45, 2.75) is 26.8 Å². The van der Waals surface area contributed by atoms with E-state index in [0.29, 0.717) is 17.0 Å². The van der Waals surface area contributed by atoms with Crippen LogP contribution in [0.15, 0.2) is 30.3 Å². The van der Waals surface area contributed by atoms with Crippen molar-refractivity contribution in [1.82, 2.24) is 14.7 Å². The zero-order chi connectivity index (χ0) is 16.4. The Morgan fingerprint density at radius 1 is 1.18 bits per heavy atom. The van der Waals surface area contributed by atoms with Crippen LogP contribution in [0.3, 0.4) is 0 Å². The van der Waals surface area contributed by atoms with Crippen LogP contribution in [-0.4, -0.2) is 33.4 Å². The molecular formula is C17H21N3O2. The van der Waals surface area contributed by atoms with E-state index in [2.05, 4.69) is 5.10 Å². The lowest BCUT2D eigenvalue weighted by Gasteiger charge is -2.24. The molecule has 1 aromatic carbocycles. The number of carbonyl (C=O) groups is 2. The minimum Gasteiger partial charge on any atom is -0.332 e. The van der Waals surface area contributed by atoms with Gasteiger partial charge in [-0.05, 0) is 26.3 Å². The summed E-state index contributed by atoms with van der Waals surface area (Å²) in [5.41, 5.74) is 2.68. The molecule has 1 unspecified atom stereocenters. The maximum Gasteiger partial charge on any atom is 0.295 e. The van der Waals surface area contributed by atoms with Crippen molar-refractivity contribution in [1.29, 1.82) is 0 Å².